The largest absolute Gasteiger partial charge is 0.334 e. The minimum Gasteiger partial charge on any atom is -0.334 e. The maximum absolute atomic E-state index is 4.86. The van der Waals surface area contributed by atoms with Crippen molar-refractivity contribution >= 4 is 0 Å². The molecule has 2 aromatic carbocycles. The van der Waals surface area contributed by atoms with Gasteiger partial charge in [0.05, 0.1) is 6.04 Å². The number of aryl methyl sites for hydroxylation is 1. The molecule has 2 aliphatic rings. The highest BCUT2D eigenvalue weighted by Gasteiger charge is 2.35. The van der Waals surface area contributed by atoms with E-state index >= 15 is 0 Å². The van der Waals surface area contributed by atoms with E-state index in [4.69, 9.17) is 4.98 Å². The molecule has 0 radical (unpaired) electrons. The highest BCUT2D eigenvalue weighted by molar-refractivity contribution is 5.16. The number of rotatable bonds is 5. The zero-order valence-corrected chi connectivity index (χ0v) is 17.7. The van der Waals surface area contributed by atoms with E-state index in [-0.39, 0.29) is 0 Å². The summed E-state index contributed by atoms with van der Waals surface area (Å²) in [5.74, 6) is 1.95. The Morgan fingerprint density at radius 1 is 0.767 bits per heavy atom. The Balaban J connectivity index is 1.32. The first kappa shape index (κ1) is 19.5. The molecule has 0 aliphatic carbocycles. The van der Waals surface area contributed by atoms with E-state index < -0.39 is 0 Å². The van der Waals surface area contributed by atoms with Gasteiger partial charge >= 0.3 is 0 Å². The first-order valence-electron chi connectivity index (χ1n) is 11.4. The number of hydrogen-bond acceptors (Lipinski definition) is 3. The molecule has 0 spiro atoms. The number of hydrogen-bond donors (Lipinski definition) is 0. The molecule has 1 aromatic heterocycles. The van der Waals surface area contributed by atoms with Crippen molar-refractivity contribution in [3.63, 3.8) is 0 Å². The predicted molar refractivity (Wildman–Crippen MR) is 121 cm³/mol. The summed E-state index contributed by atoms with van der Waals surface area (Å²) >= 11 is 0. The van der Waals surface area contributed by atoms with Crippen LogP contribution in [0.1, 0.15) is 42.3 Å². The van der Waals surface area contributed by atoms with E-state index in [1.807, 2.05) is 6.20 Å². The second kappa shape index (κ2) is 9.15. The molecule has 3 aromatic rings. The molecule has 0 saturated carbocycles. The third-order valence-electron chi connectivity index (χ3n) is 6.81. The second-order valence-electron chi connectivity index (χ2n) is 8.83. The van der Waals surface area contributed by atoms with Gasteiger partial charge in [-0.05, 0) is 49.4 Å². The number of piperidine rings is 1. The molecule has 1 fully saturated rings. The Morgan fingerprint density at radius 3 is 2.13 bits per heavy atom. The van der Waals surface area contributed by atoms with Gasteiger partial charge in [-0.15, -0.1) is 0 Å². The summed E-state index contributed by atoms with van der Waals surface area (Å²) in [7, 11) is 0. The number of likely N-dealkylation sites (tertiary alicyclic amines) is 1. The van der Waals surface area contributed by atoms with Crippen LogP contribution in [0, 0.1) is 5.92 Å². The molecule has 156 valence electrons. The number of aromatic nitrogens is 2. The third kappa shape index (κ3) is 4.35. The van der Waals surface area contributed by atoms with Crippen molar-refractivity contribution in [2.45, 2.75) is 44.9 Å². The van der Waals surface area contributed by atoms with Gasteiger partial charge < -0.3 is 4.57 Å². The van der Waals surface area contributed by atoms with E-state index in [0.717, 1.165) is 26.2 Å². The van der Waals surface area contributed by atoms with E-state index in [0.29, 0.717) is 12.0 Å². The van der Waals surface area contributed by atoms with Crippen LogP contribution in [0.4, 0.5) is 0 Å². The average Bonchev–Trinajstić information content (AvgIpc) is 3.18. The summed E-state index contributed by atoms with van der Waals surface area (Å²) in [4.78, 5) is 10.2. The highest BCUT2D eigenvalue weighted by atomic mass is 15.2. The maximum Gasteiger partial charge on any atom is 0.126 e. The van der Waals surface area contributed by atoms with Crippen LogP contribution in [-0.2, 0) is 19.6 Å². The Hall–Kier alpha value is -2.43. The van der Waals surface area contributed by atoms with E-state index in [1.54, 1.807) is 0 Å². The number of nitrogens with zero attached hydrogens (tertiary/aromatic N) is 4. The monoisotopic (exact) mass is 400 g/mol. The van der Waals surface area contributed by atoms with Gasteiger partial charge in [0.15, 0.2) is 0 Å². The molecular weight excluding hydrogens is 368 g/mol. The van der Waals surface area contributed by atoms with Crippen molar-refractivity contribution in [3.8, 4) is 0 Å². The van der Waals surface area contributed by atoms with Crippen LogP contribution in [0.25, 0.3) is 0 Å². The van der Waals surface area contributed by atoms with E-state index in [2.05, 4.69) is 81.2 Å². The molecule has 4 nitrogen and oxygen atoms in total. The average molecular weight is 401 g/mol. The van der Waals surface area contributed by atoms with Crippen molar-refractivity contribution in [3.05, 3.63) is 90.0 Å². The number of fused-ring (bicyclic) bond motifs is 1. The summed E-state index contributed by atoms with van der Waals surface area (Å²) in [5.41, 5.74) is 2.83. The molecule has 1 saturated heterocycles. The SMILES string of the molecule is c1ccc(CN2CCC(C3c4nccn4CCCN3Cc3ccccc3)CC2)cc1. The molecule has 2 aliphatic heterocycles. The summed E-state index contributed by atoms with van der Waals surface area (Å²) in [6.07, 6.45) is 7.86. The van der Waals surface area contributed by atoms with Gasteiger partial charge in [-0.3, -0.25) is 9.80 Å². The Labute approximate surface area is 180 Å². The van der Waals surface area contributed by atoms with Crippen molar-refractivity contribution in [2.24, 2.45) is 5.92 Å². The fourth-order valence-electron chi connectivity index (χ4n) is 5.30. The summed E-state index contributed by atoms with van der Waals surface area (Å²) in [5, 5.41) is 0. The van der Waals surface area contributed by atoms with Crippen molar-refractivity contribution in [1.29, 1.82) is 0 Å². The lowest BCUT2D eigenvalue weighted by Gasteiger charge is -2.40. The summed E-state index contributed by atoms with van der Waals surface area (Å²) < 4.78 is 2.41. The van der Waals surface area contributed by atoms with Gasteiger partial charge in [-0.2, -0.15) is 0 Å². The fraction of sp³-hybridized carbons (Fsp3) is 0.423. The first-order chi connectivity index (χ1) is 14.9. The topological polar surface area (TPSA) is 24.3 Å². The normalized spacial score (nSPS) is 21.3. The number of imidazole rings is 1. The van der Waals surface area contributed by atoms with E-state index in [9.17, 15) is 0 Å². The van der Waals surface area contributed by atoms with Crippen LogP contribution in [0.2, 0.25) is 0 Å². The van der Waals surface area contributed by atoms with Gasteiger partial charge in [-0.1, -0.05) is 60.7 Å². The van der Waals surface area contributed by atoms with Crippen molar-refractivity contribution in [1.82, 2.24) is 19.4 Å². The molecule has 5 rings (SSSR count). The molecule has 0 bridgehead atoms. The standard InChI is InChI=1S/C26H32N4/c1-3-8-22(9-4-1)20-28-17-12-24(13-18-28)25-26-27-14-19-29(26)15-7-16-30(25)21-23-10-5-2-6-11-23/h1-6,8-11,14,19,24-25H,7,12-13,15-18,20-21H2. The van der Waals surface area contributed by atoms with Gasteiger partial charge in [0.25, 0.3) is 0 Å². The zero-order chi connectivity index (χ0) is 20.2. The van der Waals surface area contributed by atoms with Crippen LogP contribution in [0.5, 0.6) is 0 Å². The molecule has 0 amide bonds. The van der Waals surface area contributed by atoms with Crippen LogP contribution in [0.15, 0.2) is 73.1 Å². The number of benzene rings is 2. The second-order valence-corrected chi connectivity index (χ2v) is 8.83. The van der Waals surface area contributed by atoms with Gasteiger partial charge in [-0.25, -0.2) is 4.98 Å². The Kier molecular flexibility index (Phi) is 5.96. The van der Waals surface area contributed by atoms with Gasteiger partial charge in [0, 0.05) is 38.6 Å². The quantitative estimate of drug-likeness (QED) is 0.618. The Bertz CT molecular complexity index is 912. The Morgan fingerprint density at radius 2 is 1.43 bits per heavy atom. The molecule has 1 unspecified atom stereocenters. The molecule has 3 heterocycles. The molecule has 30 heavy (non-hydrogen) atoms. The fourth-order valence-corrected chi connectivity index (χ4v) is 5.30. The third-order valence-corrected chi connectivity index (χ3v) is 6.81. The van der Waals surface area contributed by atoms with Crippen LogP contribution in [0.3, 0.4) is 0 Å². The van der Waals surface area contributed by atoms with Crippen molar-refractivity contribution in [2.75, 3.05) is 19.6 Å². The van der Waals surface area contributed by atoms with Crippen LogP contribution < -0.4 is 0 Å². The predicted octanol–water partition coefficient (Wildman–Crippen LogP) is 4.74. The van der Waals surface area contributed by atoms with E-state index in [1.165, 1.54) is 49.3 Å². The van der Waals surface area contributed by atoms with Crippen LogP contribution >= 0.6 is 0 Å². The zero-order valence-electron chi connectivity index (χ0n) is 17.7. The minimum absolute atomic E-state index is 0.418. The highest BCUT2D eigenvalue weighted by Crippen LogP contribution is 2.37. The van der Waals surface area contributed by atoms with Gasteiger partial charge in [0.1, 0.15) is 5.82 Å². The maximum atomic E-state index is 4.86. The minimum atomic E-state index is 0.418. The molecule has 4 heteroatoms. The summed E-state index contributed by atoms with van der Waals surface area (Å²) in [6.45, 7) is 6.67. The lowest BCUT2D eigenvalue weighted by Crippen LogP contribution is -2.41. The lowest BCUT2D eigenvalue weighted by atomic mass is 9.87. The summed E-state index contributed by atoms with van der Waals surface area (Å²) in [6, 6.07) is 22.3. The van der Waals surface area contributed by atoms with Crippen LogP contribution in [-0.4, -0.2) is 39.0 Å². The molecule has 1 atom stereocenters. The first-order valence-corrected chi connectivity index (χ1v) is 11.4. The molecular formula is C26H32N4. The molecule has 0 N–H and O–H groups in total. The van der Waals surface area contributed by atoms with Gasteiger partial charge in [0.2, 0.25) is 0 Å². The van der Waals surface area contributed by atoms with Crippen molar-refractivity contribution < 1.29 is 0 Å². The smallest absolute Gasteiger partial charge is 0.126 e. The lowest BCUT2D eigenvalue weighted by molar-refractivity contribution is 0.0770.